The van der Waals surface area contributed by atoms with Gasteiger partial charge < -0.3 is 10.1 Å². The predicted octanol–water partition coefficient (Wildman–Crippen LogP) is 0.828. The van der Waals surface area contributed by atoms with Gasteiger partial charge >= 0.3 is 5.97 Å². The van der Waals surface area contributed by atoms with E-state index in [-0.39, 0.29) is 16.7 Å². The number of carboxylic acids is 1. The van der Waals surface area contributed by atoms with Crippen LogP contribution in [0.3, 0.4) is 0 Å². The van der Waals surface area contributed by atoms with Gasteiger partial charge in [-0.3, -0.25) is 4.79 Å². The van der Waals surface area contributed by atoms with Crippen molar-refractivity contribution in [2.45, 2.75) is 32.1 Å². The molecule has 0 aromatic carbocycles. The molecule has 0 bridgehead atoms. The lowest BCUT2D eigenvalue weighted by atomic mass is 10.1. The average molecular weight is 208 g/mol. The molecule has 0 aliphatic heterocycles. The fourth-order valence-electron chi connectivity index (χ4n) is 1.55. The Hall–Kier alpha value is -1.65. The van der Waals surface area contributed by atoms with E-state index < -0.39 is 11.5 Å². The van der Waals surface area contributed by atoms with Gasteiger partial charge in [0.1, 0.15) is 11.4 Å². The molecular formula is C10H12N2O3. The van der Waals surface area contributed by atoms with Crippen LogP contribution in [0, 0.1) is 6.92 Å². The largest absolute Gasteiger partial charge is 0.477 e. The molecule has 0 amide bonds. The summed E-state index contributed by atoms with van der Waals surface area (Å²) in [4.78, 5) is 29.0. The number of carbonyl (C=O) groups is 1. The fourth-order valence-corrected chi connectivity index (χ4v) is 1.55. The molecule has 15 heavy (non-hydrogen) atoms. The minimum absolute atomic E-state index is 0.0546. The number of aromatic amines is 1. The van der Waals surface area contributed by atoms with Crippen LogP contribution in [-0.2, 0) is 5.41 Å². The van der Waals surface area contributed by atoms with Crippen LogP contribution in [0.4, 0.5) is 0 Å². The molecule has 1 aromatic rings. The summed E-state index contributed by atoms with van der Waals surface area (Å²) in [7, 11) is 0. The van der Waals surface area contributed by atoms with E-state index in [0.29, 0.717) is 5.82 Å². The molecule has 0 atom stereocenters. The first-order valence-electron chi connectivity index (χ1n) is 4.79. The number of hydrogen-bond donors (Lipinski definition) is 2. The summed E-state index contributed by atoms with van der Waals surface area (Å²) in [5, 5.41) is 8.80. The Morgan fingerprint density at radius 3 is 2.53 bits per heavy atom. The first-order valence-corrected chi connectivity index (χ1v) is 4.79. The predicted molar refractivity (Wildman–Crippen MR) is 53.1 cm³/mol. The number of nitrogens with zero attached hydrogens (tertiary/aromatic N) is 1. The number of rotatable bonds is 2. The van der Waals surface area contributed by atoms with Gasteiger partial charge in [0.15, 0.2) is 0 Å². The van der Waals surface area contributed by atoms with Crippen molar-refractivity contribution < 1.29 is 9.90 Å². The van der Waals surface area contributed by atoms with E-state index >= 15 is 0 Å². The summed E-state index contributed by atoms with van der Waals surface area (Å²) < 4.78 is 0. The molecule has 0 saturated heterocycles. The van der Waals surface area contributed by atoms with Crippen LogP contribution in [0.5, 0.6) is 0 Å². The minimum Gasteiger partial charge on any atom is -0.477 e. The fraction of sp³-hybridized carbons (Fsp3) is 0.500. The van der Waals surface area contributed by atoms with Gasteiger partial charge in [-0.25, -0.2) is 9.78 Å². The zero-order valence-corrected chi connectivity index (χ0v) is 8.63. The number of H-pyrrole nitrogens is 1. The van der Waals surface area contributed by atoms with E-state index in [0.717, 1.165) is 12.8 Å². The van der Waals surface area contributed by atoms with Crippen molar-refractivity contribution in [1.29, 1.82) is 0 Å². The van der Waals surface area contributed by atoms with Crippen LogP contribution < -0.4 is 5.56 Å². The molecule has 2 N–H and O–H groups in total. The number of aryl methyl sites for hydroxylation is 1. The first kappa shape index (κ1) is 9.89. The minimum atomic E-state index is -1.23. The standard InChI is InChI=1S/C10H12N2O3/c1-5-6(8(14)15)7(13)12-9(11-5)10(2)3-4-10/h3-4H2,1-2H3,(H,14,15)(H,11,12,13). The lowest BCUT2D eigenvalue weighted by molar-refractivity contribution is 0.0693. The van der Waals surface area contributed by atoms with Crippen molar-refractivity contribution in [2.75, 3.05) is 0 Å². The maximum atomic E-state index is 11.5. The Balaban J connectivity index is 2.58. The molecule has 80 valence electrons. The zero-order chi connectivity index (χ0) is 11.2. The Labute approximate surface area is 86.2 Å². The van der Waals surface area contributed by atoms with E-state index in [1.807, 2.05) is 6.92 Å². The van der Waals surface area contributed by atoms with Gasteiger partial charge in [-0.05, 0) is 19.8 Å². The van der Waals surface area contributed by atoms with Gasteiger partial charge in [0.25, 0.3) is 5.56 Å². The second kappa shape index (κ2) is 2.92. The third-order valence-corrected chi connectivity index (χ3v) is 2.89. The average Bonchev–Trinajstić information content (AvgIpc) is 2.82. The van der Waals surface area contributed by atoms with E-state index in [9.17, 15) is 9.59 Å². The van der Waals surface area contributed by atoms with Crippen LogP contribution in [-0.4, -0.2) is 21.0 Å². The zero-order valence-electron chi connectivity index (χ0n) is 8.63. The summed E-state index contributed by atoms with van der Waals surface area (Å²) in [6.07, 6.45) is 1.98. The Bertz CT molecular complexity index is 486. The van der Waals surface area contributed by atoms with Gasteiger partial charge in [-0.2, -0.15) is 0 Å². The van der Waals surface area contributed by atoms with Crippen molar-refractivity contribution in [2.24, 2.45) is 0 Å². The highest BCUT2D eigenvalue weighted by molar-refractivity contribution is 5.88. The Morgan fingerprint density at radius 2 is 2.13 bits per heavy atom. The van der Waals surface area contributed by atoms with E-state index in [1.54, 1.807) is 6.92 Å². The lowest BCUT2D eigenvalue weighted by Gasteiger charge is -2.08. The number of aromatic carboxylic acids is 1. The smallest absolute Gasteiger partial charge is 0.343 e. The molecule has 1 fully saturated rings. The molecule has 1 aromatic heterocycles. The Morgan fingerprint density at radius 1 is 1.53 bits per heavy atom. The second-order valence-corrected chi connectivity index (χ2v) is 4.24. The van der Waals surface area contributed by atoms with Gasteiger partial charge in [-0.1, -0.05) is 6.92 Å². The van der Waals surface area contributed by atoms with Crippen LogP contribution in [0.1, 0.15) is 41.6 Å². The summed E-state index contributed by atoms with van der Waals surface area (Å²) in [6.45, 7) is 3.55. The molecule has 1 aliphatic carbocycles. The molecule has 0 radical (unpaired) electrons. The number of carboxylic acid groups (broad SMARTS) is 1. The van der Waals surface area contributed by atoms with Crippen molar-refractivity contribution in [1.82, 2.24) is 9.97 Å². The maximum Gasteiger partial charge on any atom is 0.343 e. The lowest BCUT2D eigenvalue weighted by Crippen LogP contribution is -2.25. The summed E-state index contributed by atoms with van der Waals surface area (Å²) >= 11 is 0. The maximum absolute atomic E-state index is 11.5. The van der Waals surface area contributed by atoms with Crippen molar-refractivity contribution in [3.63, 3.8) is 0 Å². The van der Waals surface area contributed by atoms with Gasteiger partial charge in [0.05, 0.1) is 5.69 Å². The molecule has 5 nitrogen and oxygen atoms in total. The number of nitrogens with one attached hydrogen (secondary N) is 1. The van der Waals surface area contributed by atoms with Gasteiger partial charge in [0.2, 0.25) is 0 Å². The van der Waals surface area contributed by atoms with Crippen LogP contribution in [0.15, 0.2) is 4.79 Å². The van der Waals surface area contributed by atoms with Crippen molar-refractivity contribution >= 4 is 5.97 Å². The monoisotopic (exact) mass is 208 g/mol. The molecule has 1 heterocycles. The van der Waals surface area contributed by atoms with Gasteiger partial charge in [0, 0.05) is 5.41 Å². The number of aromatic nitrogens is 2. The quantitative estimate of drug-likeness (QED) is 0.754. The van der Waals surface area contributed by atoms with Crippen molar-refractivity contribution in [3.05, 3.63) is 27.4 Å². The SMILES string of the molecule is Cc1nc(C2(C)CC2)[nH]c(=O)c1C(=O)O. The Kier molecular flexibility index (Phi) is 1.92. The van der Waals surface area contributed by atoms with E-state index in [4.69, 9.17) is 5.11 Å². The third-order valence-electron chi connectivity index (χ3n) is 2.89. The van der Waals surface area contributed by atoms with E-state index in [2.05, 4.69) is 9.97 Å². The number of hydrogen-bond acceptors (Lipinski definition) is 3. The molecule has 0 unspecified atom stereocenters. The second-order valence-electron chi connectivity index (χ2n) is 4.24. The highest BCUT2D eigenvalue weighted by atomic mass is 16.4. The van der Waals surface area contributed by atoms with Crippen molar-refractivity contribution in [3.8, 4) is 0 Å². The van der Waals surface area contributed by atoms with Crippen LogP contribution >= 0.6 is 0 Å². The third kappa shape index (κ3) is 1.54. The van der Waals surface area contributed by atoms with Crippen LogP contribution in [0.2, 0.25) is 0 Å². The molecule has 1 saturated carbocycles. The molecule has 0 spiro atoms. The topological polar surface area (TPSA) is 83.0 Å². The summed E-state index contributed by atoms with van der Waals surface area (Å²) in [5.41, 5.74) is -0.587. The molecule has 1 aliphatic rings. The highest BCUT2D eigenvalue weighted by Crippen LogP contribution is 2.45. The molecule has 2 rings (SSSR count). The molecular weight excluding hydrogens is 196 g/mol. The summed E-state index contributed by atoms with van der Waals surface area (Å²) in [6, 6.07) is 0. The van der Waals surface area contributed by atoms with E-state index in [1.165, 1.54) is 0 Å². The van der Waals surface area contributed by atoms with Crippen LogP contribution in [0.25, 0.3) is 0 Å². The first-order chi connectivity index (χ1) is 6.94. The summed E-state index contributed by atoms with van der Waals surface area (Å²) in [5.74, 6) is -0.622. The van der Waals surface area contributed by atoms with Gasteiger partial charge in [-0.15, -0.1) is 0 Å². The highest BCUT2D eigenvalue weighted by Gasteiger charge is 2.42. The normalized spacial score (nSPS) is 17.5. The molecule has 5 heteroatoms.